The summed E-state index contributed by atoms with van der Waals surface area (Å²) in [6.45, 7) is 2.86. The molecule has 1 aromatic rings. The molecule has 0 aromatic heterocycles. The van der Waals surface area contributed by atoms with Crippen LogP contribution in [0.3, 0.4) is 0 Å². The van der Waals surface area contributed by atoms with Crippen molar-refractivity contribution in [2.45, 2.75) is 48.9 Å². The van der Waals surface area contributed by atoms with Crippen LogP contribution in [0.1, 0.15) is 37.2 Å². The average molecular weight is 362 g/mol. The summed E-state index contributed by atoms with van der Waals surface area (Å²) in [5, 5.41) is -0.118. The Morgan fingerprint density at radius 1 is 1.08 bits per heavy atom. The van der Waals surface area contributed by atoms with Crippen LogP contribution in [0.2, 0.25) is 0 Å². The fraction of sp³-hybridized carbons (Fsp3) is 0.684. The van der Waals surface area contributed by atoms with Crippen LogP contribution in [-0.4, -0.2) is 61.7 Å². The lowest BCUT2D eigenvalue weighted by Gasteiger charge is -2.51. The zero-order valence-electron chi connectivity index (χ0n) is 14.7. The van der Waals surface area contributed by atoms with Gasteiger partial charge in [0.15, 0.2) is 0 Å². The largest absolute Gasteiger partial charge is 0.497 e. The minimum Gasteiger partial charge on any atom is -0.497 e. The molecule has 5 fully saturated rings. The lowest BCUT2D eigenvalue weighted by Crippen LogP contribution is -2.60. The van der Waals surface area contributed by atoms with Gasteiger partial charge >= 0.3 is 0 Å². The lowest BCUT2D eigenvalue weighted by atomic mass is 9.75. The Labute approximate surface area is 150 Å². The molecule has 0 spiro atoms. The molecule has 6 rings (SSSR count). The quantitative estimate of drug-likeness (QED) is 0.823. The number of sulfonamides is 1. The van der Waals surface area contributed by atoms with E-state index in [-0.39, 0.29) is 17.2 Å². The number of hydrogen-bond donors (Lipinski definition) is 0. The van der Waals surface area contributed by atoms with Crippen molar-refractivity contribution in [1.29, 1.82) is 0 Å². The van der Waals surface area contributed by atoms with E-state index in [2.05, 4.69) is 17.0 Å². The number of fused-ring (bicyclic) bond motifs is 2. The van der Waals surface area contributed by atoms with E-state index in [1.165, 1.54) is 5.56 Å². The highest BCUT2D eigenvalue weighted by molar-refractivity contribution is 7.90. The van der Waals surface area contributed by atoms with Gasteiger partial charge in [-0.3, -0.25) is 4.90 Å². The molecule has 25 heavy (non-hydrogen) atoms. The first-order valence-electron chi connectivity index (χ1n) is 9.48. The maximum absolute atomic E-state index is 13.1. The van der Waals surface area contributed by atoms with Gasteiger partial charge in [-0.15, -0.1) is 0 Å². The molecule has 0 radical (unpaired) electrons. The summed E-state index contributed by atoms with van der Waals surface area (Å²) in [5.41, 5.74) is 1.22. The Hall–Kier alpha value is -1.11. The molecule has 0 unspecified atom stereocenters. The van der Waals surface area contributed by atoms with Crippen molar-refractivity contribution in [3.8, 4) is 5.75 Å². The molecule has 3 atom stereocenters. The molecule has 136 valence electrons. The third-order valence-electron chi connectivity index (χ3n) is 6.74. The topological polar surface area (TPSA) is 49.9 Å². The summed E-state index contributed by atoms with van der Waals surface area (Å²) in [7, 11) is -1.45. The van der Waals surface area contributed by atoms with Crippen LogP contribution in [0, 0.1) is 5.92 Å². The van der Waals surface area contributed by atoms with Crippen molar-refractivity contribution >= 4 is 10.0 Å². The van der Waals surface area contributed by atoms with Gasteiger partial charge in [0.05, 0.1) is 12.4 Å². The second kappa shape index (κ2) is 5.69. The maximum Gasteiger partial charge on any atom is 0.217 e. The van der Waals surface area contributed by atoms with Crippen LogP contribution in [0.15, 0.2) is 24.3 Å². The van der Waals surface area contributed by atoms with E-state index in [9.17, 15) is 8.42 Å². The predicted octanol–water partition coefficient (Wildman–Crippen LogP) is 2.05. The summed E-state index contributed by atoms with van der Waals surface area (Å²) < 4.78 is 33.5. The Bertz CT molecular complexity index is 769. The molecular weight excluding hydrogens is 336 g/mol. The van der Waals surface area contributed by atoms with Gasteiger partial charge in [-0.2, -0.15) is 4.31 Å². The second-order valence-corrected chi connectivity index (χ2v) is 10.2. The monoisotopic (exact) mass is 362 g/mol. The van der Waals surface area contributed by atoms with E-state index < -0.39 is 10.0 Å². The van der Waals surface area contributed by atoms with Crippen molar-refractivity contribution in [2.24, 2.45) is 5.92 Å². The van der Waals surface area contributed by atoms with Gasteiger partial charge in [-0.1, -0.05) is 12.1 Å². The summed E-state index contributed by atoms with van der Waals surface area (Å²) in [6.07, 6.45) is 3.97. The van der Waals surface area contributed by atoms with E-state index in [1.807, 2.05) is 16.4 Å². The molecule has 6 heteroatoms. The number of rotatable bonds is 4. The van der Waals surface area contributed by atoms with Crippen LogP contribution in [0.5, 0.6) is 5.75 Å². The zero-order valence-corrected chi connectivity index (χ0v) is 15.5. The highest BCUT2D eigenvalue weighted by Crippen LogP contribution is 2.49. The Kier molecular flexibility index (Phi) is 3.67. The molecule has 0 amide bonds. The Morgan fingerprint density at radius 3 is 2.52 bits per heavy atom. The minimum absolute atomic E-state index is 0.118. The van der Waals surface area contributed by atoms with Gasteiger partial charge in [0, 0.05) is 24.5 Å². The smallest absolute Gasteiger partial charge is 0.217 e. The molecule has 4 aliphatic heterocycles. The van der Waals surface area contributed by atoms with Crippen molar-refractivity contribution in [1.82, 2.24) is 9.21 Å². The molecule has 4 saturated heterocycles. The molecule has 5 nitrogen and oxygen atoms in total. The molecule has 1 aliphatic carbocycles. The summed E-state index contributed by atoms with van der Waals surface area (Å²) in [6, 6.07) is 8.72. The van der Waals surface area contributed by atoms with E-state index >= 15 is 0 Å². The Balaban J connectivity index is 1.55. The molecule has 1 aromatic carbocycles. The Morgan fingerprint density at radius 2 is 1.84 bits per heavy atom. The van der Waals surface area contributed by atoms with E-state index in [0.717, 1.165) is 44.5 Å². The number of hydrogen-bond acceptors (Lipinski definition) is 4. The average Bonchev–Trinajstić information content (AvgIpc) is 3.42. The highest BCUT2D eigenvalue weighted by Gasteiger charge is 2.58. The predicted molar refractivity (Wildman–Crippen MR) is 96.3 cm³/mol. The first-order valence-corrected chi connectivity index (χ1v) is 11.0. The van der Waals surface area contributed by atoms with Gasteiger partial charge in [0.2, 0.25) is 10.0 Å². The van der Waals surface area contributed by atoms with E-state index in [4.69, 9.17) is 4.74 Å². The minimum atomic E-state index is -3.14. The summed E-state index contributed by atoms with van der Waals surface area (Å²) >= 11 is 0. The highest BCUT2D eigenvalue weighted by atomic mass is 32.2. The van der Waals surface area contributed by atoms with Gasteiger partial charge < -0.3 is 4.74 Å². The number of benzene rings is 1. The normalized spacial score (nSPS) is 37.9. The fourth-order valence-corrected chi connectivity index (χ4v) is 7.50. The lowest BCUT2D eigenvalue weighted by molar-refractivity contribution is 0.0122. The van der Waals surface area contributed by atoms with Crippen LogP contribution < -0.4 is 4.74 Å². The van der Waals surface area contributed by atoms with Crippen LogP contribution >= 0.6 is 0 Å². The standard InChI is InChI=1S/C19H26N2O3S/c1-24-15-4-2-3-14(11-15)17-12-21(25(22,23)16-5-6-16)18-13-7-9-20(10-8-13)19(17)18/h2-4,11,13,16-19H,5-10,12H2,1H3/t17-,18-,19-/m1/s1. The number of nitrogens with zero attached hydrogens (tertiary/aromatic N) is 2. The van der Waals surface area contributed by atoms with Crippen LogP contribution in [0.4, 0.5) is 0 Å². The molecule has 5 aliphatic rings. The summed E-state index contributed by atoms with van der Waals surface area (Å²) in [4.78, 5) is 2.55. The van der Waals surface area contributed by atoms with Gasteiger partial charge in [-0.05, 0) is 62.4 Å². The van der Waals surface area contributed by atoms with Crippen molar-refractivity contribution in [3.63, 3.8) is 0 Å². The van der Waals surface area contributed by atoms with Gasteiger partial charge in [0.1, 0.15) is 5.75 Å². The number of piperidine rings is 3. The molecular formula is C19H26N2O3S. The van der Waals surface area contributed by atoms with Crippen molar-refractivity contribution in [2.75, 3.05) is 26.7 Å². The SMILES string of the molecule is COc1cccc([C@H]2CN(S(=O)(=O)C3CC3)[C@@H]3C4CCN(CC4)[C@H]23)c1. The first kappa shape index (κ1) is 16.1. The molecule has 2 bridgehead atoms. The molecule has 1 saturated carbocycles. The first-order chi connectivity index (χ1) is 12.1. The summed E-state index contributed by atoms with van der Waals surface area (Å²) in [5.74, 6) is 1.63. The second-order valence-electron chi connectivity index (χ2n) is 8.05. The third kappa shape index (κ3) is 2.45. The maximum atomic E-state index is 13.1. The number of methoxy groups -OCH3 is 1. The van der Waals surface area contributed by atoms with Gasteiger partial charge in [-0.25, -0.2) is 8.42 Å². The van der Waals surface area contributed by atoms with E-state index in [1.54, 1.807) is 7.11 Å². The third-order valence-corrected chi connectivity index (χ3v) is 9.10. The van der Waals surface area contributed by atoms with Crippen molar-refractivity contribution < 1.29 is 13.2 Å². The van der Waals surface area contributed by atoms with Gasteiger partial charge in [0.25, 0.3) is 0 Å². The van der Waals surface area contributed by atoms with E-state index in [0.29, 0.717) is 18.5 Å². The molecule has 4 heterocycles. The van der Waals surface area contributed by atoms with Crippen LogP contribution in [-0.2, 0) is 10.0 Å². The van der Waals surface area contributed by atoms with Crippen LogP contribution in [0.25, 0.3) is 0 Å². The molecule has 0 N–H and O–H groups in total. The number of ether oxygens (including phenoxy) is 1. The zero-order chi connectivity index (χ0) is 17.2. The fourth-order valence-electron chi connectivity index (χ4n) is 5.38. The van der Waals surface area contributed by atoms with Crippen molar-refractivity contribution in [3.05, 3.63) is 29.8 Å².